The number of halogens is 4. The summed E-state index contributed by atoms with van der Waals surface area (Å²) in [5.41, 5.74) is 8.13. The molecule has 2 aliphatic heterocycles. The van der Waals surface area contributed by atoms with Gasteiger partial charge in [-0.1, -0.05) is 67.2 Å². The van der Waals surface area contributed by atoms with Gasteiger partial charge in [-0.05, 0) is 18.1 Å². The second kappa shape index (κ2) is 12.6. The normalized spacial score (nSPS) is 17.9. The summed E-state index contributed by atoms with van der Waals surface area (Å²) in [4.78, 5) is 12.7. The van der Waals surface area contributed by atoms with Crippen LogP contribution in [-0.4, -0.2) is 65.0 Å². The summed E-state index contributed by atoms with van der Waals surface area (Å²) < 4.78 is 50.5. The van der Waals surface area contributed by atoms with Crippen LogP contribution in [0.15, 0.2) is 85.7 Å². The van der Waals surface area contributed by atoms with Crippen LogP contribution in [0.2, 0.25) is 0 Å². The highest BCUT2D eigenvalue weighted by Gasteiger charge is 2.43. The third kappa shape index (κ3) is 8.83. The Labute approximate surface area is 213 Å². The van der Waals surface area contributed by atoms with E-state index in [2.05, 4.69) is 17.0 Å². The van der Waals surface area contributed by atoms with E-state index in [1.54, 1.807) is 29.4 Å². The van der Waals surface area contributed by atoms with Gasteiger partial charge in [0.15, 0.2) is 5.78 Å². The maximum Gasteiger partial charge on any atom is 0.272 e. The van der Waals surface area contributed by atoms with E-state index in [4.69, 9.17) is 5.73 Å². The largest absolute Gasteiger partial charge is 0.396 e. The summed E-state index contributed by atoms with van der Waals surface area (Å²) in [6, 6.07) is 19.0. The van der Waals surface area contributed by atoms with Gasteiger partial charge in [-0.2, -0.15) is 5.10 Å². The minimum atomic E-state index is -2.52. The first-order chi connectivity index (χ1) is 17.6. The van der Waals surface area contributed by atoms with E-state index in [1.807, 2.05) is 53.2 Å². The Morgan fingerprint density at radius 3 is 2.03 bits per heavy atom. The first-order valence-electron chi connectivity index (χ1n) is 11.8. The van der Waals surface area contributed by atoms with Crippen molar-refractivity contribution < 1.29 is 22.4 Å². The topological polar surface area (TPSA) is 76.2 Å². The summed E-state index contributed by atoms with van der Waals surface area (Å²) in [6.45, 7) is 3.46. The third-order valence-corrected chi connectivity index (χ3v) is 5.76. The predicted octanol–water partition coefficient (Wildman–Crippen LogP) is 4.68. The van der Waals surface area contributed by atoms with Gasteiger partial charge in [-0.15, -0.1) is 0 Å². The molecule has 0 radical (unpaired) electrons. The minimum Gasteiger partial charge on any atom is -0.396 e. The van der Waals surface area contributed by atoms with Gasteiger partial charge >= 0.3 is 0 Å². The van der Waals surface area contributed by atoms with Crippen LogP contribution >= 0.6 is 0 Å². The molecule has 10 heteroatoms. The number of hydrogen-bond donors (Lipinski definition) is 2. The van der Waals surface area contributed by atoms with Crippen LogP contribution in [0, 0.1) is 0 Å². The number of carbonyl (C=O) groups excluding carboxylic acids is 1. The van der Waals surface area contributed by atoms with Crippen LogP contribution in [0.3, 0.4) is 0 Å². The standard InChI is InChI=1S/C15H18F2N4.C9H8O.C3H5F2N/c16-15(17)10-20(11-15)7-6-14(12-4-2-1-3-5-12)21-9-13(18)8-19-21;1-2-9(10)8-6-4-3-5-7-8;4-3(5)1-6-2-3/h1-5,8-9,14H,6-7,10-11,18H2;2-7H,1H2;6H,1-2H2. The fourth-order valence-electron chi connectivity index (χ4n) is 3.76. The van der Waals surface area contributed by atoms with Crippen molar-refractivity contribution in [3.05, 3.63) is 96.8 Å². The Morgan fingerprint density at radius 1 is 1.03 bits per heavy atom. The highest BCUT2D eigenvalue weighted by Crippen LogP contribution is 2.29. The number of allylic oxidation sites excluding steroid dienone is 1. The Kier molecular flexibility index (Phi) is 9.60. The Balaban J connectivity index is 0.000000195. The summed E-state index contributed by atoms with van der Waals surface area (Å²) >= 11 is 0. The first kappa shape index (κ1) is 28.1. The molecule has 3 aromatic rings. The zero-order chi connectivity index (χ0) is 26.9. The van der Waals surface area contributed by atoms with Gasteiger partial charge in [0, 0.05) is 18.3 Å². The summed E-state index contributed by atoms with van der Waals surface area (Å²) in [7, 11) is 0. The number of alkyl halides is 4. The lowest BCUT2D eigenvalue weighted by Crippen LogP contribution is -2.56. The first-order valence-corrected chi connectivity index (χ1v) is 11.8. The molecule has 1 atom stereocenters. The highest BCUT2D eigenvalue weighted by atomic mass is 19.3. The Hall–Kier alpha value is -3.50. The third-order valence-electron chi connectivity index (χ3n) is 5.76. The zero-order valence-electron chi connectivity index (χ0n) is 20.4. The van der Waals surface area contributed by atoms with Crippen LogP contribution < -0.4 is 11.1 Å². The van der Waals surface area contributed by atoms with Crippen molar-refractivity contribution in [2.24, 2.45) is 0 Å². The van der Waals surface area contributed by atoms with Gasteiger partial charge in [-0.25, -0.2) is 17.6 Å². The number of ketones is 1. The number of benzene rings is 2. The molecule has 0 saturated carbocycles. The van der Waals surface area contributed by atoms with E-state index < -0.39 is 11.8 Å². The van der Waals surface area contributed by atoms with Crippen molar-refractivity contribution in [3.8, 4) is 0 Å². The van der Waals surface area contributed by atoms with Crippen molar-refractivity contribution >= 4 is 11.5 Å². The van der Waals surface area contributed by atoms with Gasteiger partial charge in [0.05, 0.1) is 44.1 Å². The summed E-state index contributed by atoms with van der Waals surface area (Å²) in [6.07, 6.45) is 5.42. The number of rotatable bonds is 7. The number of nitrogens with two attached hydrogens (primary N) is 1. The van der Waals surface area contributed by atoms with E-state index in [0.717, 1.165) is 12.0 Å². The highest BCUT2D eigenvalue weighted by molar-refractivity contribution is 6.04. The molecule has 3 N–H and O–H groups in total. The van der Waals surface area contributed by atoms with E-state index in [9.17, 15) is 22.4 Å². The number of likely N-dealkylation sites (tertiary alicyclic amines) is 1. The van der Waals surface area contributed by atoms with Crippen molar-refractivity contribution in [1.82, 2.24) is 20.0 Å². The molecule has 0 bridgehead atoms. The molecule has 6 nitrogen and oxygen atoms in total. The lowest BCUT2D eigenvalue weighted by Gasteiger charge is -2.39. The molecule has 0 spiro atoms. The summed E-state index contributed by atoms with van der Waals surface area (Å²) in [5.74, 6) is -4.93. The molecule has 2 fully saturated rings. The molecule has 37 heavy (non-hydrogen) atoms. The molecule has 198 valence electrons. The Morgan fingerprint density at radius 2 is 1.59 bits per heavy atom. The molecule has 2 aromatic carbocycles. The van der Waals surface area contributed by atoms with Crippen LogP contribution in [0.1, 0.15) is 28.4 Å². The molecule has 2 aliphatic rings. The number of aromatic nitrogens is 2. The van der Waals surface area contributed by atoms with Crippen LogP contribution in [0.4, 0.5) is 23.2 Å². The minimum absolute atomic E-state index is 0.0118. The van der Waals surface area contributed by atoms with Crippen molar-refractivity contribution in [3.63, 3.8) is 0 Å². The SMILES string of the molecule is C=CC(=O)c1ccccc1.FC1(F)CNC1.Nc1cnn(C(CCN2CC(F)(F)C2)c2ccccc2)c1. The number of carbonyl (C=O) groups is 1. The summed E-state index contributed by atoms with van der Waals surface area (Å²) in [5, 5.41) is 6.72. The van der Waals surface area contributed by atoms with Gasteiger partial charge in [0.25, 0.3) is 11.8 Å². The Bertz CT molecular complexity index is 1120. The predicted molar refractivity (Wildman–Crippen MR) is 136 cm³/mol. The molecular formula is C27H31F4N5O. The smallest absolute Gasteiger partial charge is 0.272 e. The van der Waals surface area contributed by atoms with Crippen molar-refractivity contribution in [1.29, 1.82) is 0 Å². The van der Waals surface area contributed by atoms with E-state index in [-0.39, 0.29) is 38.0 Å². The van der Waals surface area contributed by atoms with Crippen LogP contribution in [0.5, 0.6) is 0 Å². The lowest BCUT2D eigenvalue weighted by molar-refractivity contribution is -0.131. The van der Waals surface area contributed by atoms with E-state index >= 15 is 0 Å². The van der Waals surface area contributed by atoms with E-state index in [1.165, 1.54) is 6.08 Å². The fourth-order valence-corrected chi connectivity index (χ4v) is 3.76. The molecule has 2 saturated heterocycles. The van der Waals surface area contributed by atoms with Crippen molar-refractivity contribution in [2.75, 3.05) is 38.5 Å². The molecule has 3 heterocycles. The zero-order valence-corrected chi connectivity index (χ0v) is 20.4. The van der Waals surface area contributed by atoms with Crippen LogP contribution in [0.25, 0.3) is 0 Å². The number of nitrogen functional groups attached to an aromatic ring is 1. The second-order valence-corrected chi connectivity index (χ2v) is 8.93. The number of anilines is 1. The van der Waals surface area contributed by atoms with Crippen molar-refractivity contribution in [2.45, 2.75) is 24.3 Å². The molecular weight excluding hydrogens is 486 g/mol. The average Bonchev–Trinajstić information content (AvgIpc) is 3.29. The maximum atomic E-state index is 12.9. The monoisotopic (exact) mass is 517 g/mol. The maximum absolute atomic E-state index is 12.9. The fraction of sp³-hybridized carbons (Fsp3) is 0.333. The van der Waals surface area contributed by atoms with Gasteiger partial charge in [-0.3, -0.25) is 14.4 Å². The molecule has 5 rings (SSSR count). The molecule has 0 amide bonds. The van der Waals surface area contributed by atoms with E-state index in [0.29, 0.717) is 17.8 Å². The van der Waals surface area contributed by atoms with Gasteiger partial charge in [0.1, 0.15) is 0 Å². The van der Waals surface area contributed by atoms with Crippen LogP contribution in [-0.2, 0) is 0 Å². The van der Waals surface area contributed by atoms with Gasteiger partial charge < -0.3 is 11.1 Å². The quantitative estimate of drug-likeness (QED) is 0.271. The number of nitrogens with one attached hydrogen (secondary N) is 1. The second-order valence-electron chi connectivity index (χ2n) is 8.93. The lowest BCUT2D eigenvalue weighted by atomic mass is 10.0. The molecule has 0 aliphatic carbocycles. The molecule has 1 unspecified atom stereocenters. The molecule has 1 aromatic heterocycles. The van der Waals surface area contributed by atoms with Gasteiger partial charge in [0.2, 0.25) is 0 Å². The average molecular weight is 518 g/mol. The number of nitrogens with zero attached hydrogens (tertiary/aromatic N) is 3. The number of hydrogen-bond acceptors (Lipinski definition) is 5.